The van der Waals surface area contributed by atoms with Gasteiger partial charge in [0.1, 0.15) is 6.07 Å². The highest BCUT2D eigenvalue weighted by atomic mass is 16.6. The second kappa shape index (κ2) is 4.97. The predicted molar refractivity (Wildman–Crippen MR) is 67.5 cm³/mol. The van der Waals surface area contributed by atoms with Crippen molar-refractivity contribution in [3.63, 3.8) is 0 Å². The molecule has 5 nitrogen and oxygen atoms in total. The van der Waals surface area contributed by atoms with Crippen LogP contribution in [0.4, 0.5) is 17.1 Å². The summed E-state index contributed by atoms with van der Waals surface area (Å²) < 4.78 is 0. The number of benzene rings is 2. The van der Waals surface area contributed by atoms with Crippen LogP contribution in [0.1, 0.15) is 5.56 Å². The molecule has 0 atom stereocenters. The molecule has 18 heavy (non-hydrogen) atoms. The van der Waals surface area contributed by atoms with Crippen LogP contribution in [-0.2, 0) is 0 Å². The number of hydrogen-bond acceptors (Lipinski definition) is 4. The van der Waals surface area contributed by atoms with Gasteiger partial charge in [0.15, 0.2) is 0 Å². The molecule has 0 unspecified atom stereocenters. The molecular formula is C13H9N3O2. The van der Waals surface area contributed by atoms with Crippen molar-refractivity contribution in [3.05, 3.63) is 64.2 Å². The van der Waals surface area contributed by atoms with E-state index in [1.807, 2.05) is 6.07 Å². The van der Waals surface area contributed by atoms with E-state index < -0.39 is 4.92 Å². The molecule has 0 fully saturated rings. The third-order valence-corrected chi connectivity index (χ3v) is 2.40. The lowest BCUT2D eigenvalue weighted by Gasteiger charge is -2.07. The van der Waals surface area contributed by atoms with E-state index in [2.05, 4.69) is 11.4 Å². The van der Waals surface area contributed by atoms with Crippen LogP contribution in [0.5, 0.6) is 0 Å². The van der Waals surface area contributed by atoms with Gasteiger partial charge in [-0.2, -0.15) is 5.26 Å². The number of nitrogens with one attached hydrogen (secondary N) is 1. The molecular weight excluding hydrogens is 230 g/mol. The monoisotopic (exact) mass is 239 g/mol. The zero-order valence-corrected chi connectivity index (χ0v) is 9.33. The first-order valence-electron chi connectivity index (χ1n) is 5.21. The largest absolute Gasteiger partial charge is 0.354 e. The fraction of sp³-hybridized carbons (Fsp3) is 0. The third-order valence-electron chi connectivity index (χ3n) is 2.40. The fourth-order valence-corrected chi connectivity index (χ4v) is 1.51. The Kier molecular flexibility index (Phi) is 3.21. The number of hydrogen-bond donors (Lipinski definition) is 1. The van der Waals surface area contributed by atoms with Crippen LogP contribution >= 0.6 is 0 Å². The molecule has 88 valence electrons. The molecule has 0 saturated heterocycles. The summed E-state index contributed by atoms with van der Waals surface area (Å²) >= 11 is 0. The van der Waals surface area contributed by atoms with Crippen LogP contribution in [0, 0.1) is 21.4 Å². The fourth-order valence-electron chi connectivity index (χ4n) is 1.51. The summed E-state index contributed by atoms with van der Waals surface area (Å²) in [7, 11) is 0. The van der Waals surface area contributed by atoms with Gasteiger partial charge in [-0.25, -0.2) is 0 Å². The van der Waals surface area contributed by atoms with Crippen molar-refractivity contribution in [1.29, 1.82) is 5.26 Å². The van der Waals surface area contributed by atoms with E-state index in [1.165, 1.54) is 12.1 Å². The Labute approximate surface area is 103 Å². The first-order chi connectivity index (χ1) is 8.70. The van der Waals surface area contributed by atoms with Crippen molar-refractivity contribution in [2.45, 2.75) is 0 Å². The summed E-state index contributed by atoms with van der Waals surface area (Å²) in [5, 5.41) is 22.5. The van der Waals surface area contributed by atoms with Crippen molar-refractivity contribution in [1.82, 2.24) is 0 Å². The summed E-state index contributed by atoms with van der Waals surface area (Å²) in [6.07, 6.45) is 0. The number of non-ortho nitro benzene ring substituents is 1. The van der Waals surface area contributed by atoms with Crippen molar-refractivity contribution in [3.8, 4) is 6.07 Å². The number of rotatable bonds is 3. The molecule has 0 radical (unpaired) electrons. The zero-order chi connectivity index (χ0) is 13.0. The lowest BCUT2D eigenvalue weighted by molar-refractivity contribution is -0.384. The van der Waals surface area contributed by atoms with Gasteiger partial charge in [0.25, 0.3) is 5.69 Å². The first kappa shape index (κ1) is 11.6. The van der Waals surface area contributed by atoms with Gasteiger partial charge in [-0.1, -0.05) is 12.1 Å². The molecule has 2 aromatic carbocycles. The molecule has 0 heterocycles. The van der Waals surface area contributed by atoms with Crippen LogP contribution in [-0.4, -0.2) is 4.92 Å². The Morgan fingerprint density at radius 1 is 1.11 bits per heavy atom. The minimum atomic E-state index is -0.451. The maximum Gasteiger partial charge on any atom is 0.269 e. The number of anilines is 2. The summed E-state index contributed by atoms with van der Waals surface area (Å²) in [5.74, 6) is 0. The van der Waals surface area contributed by atoms with Crippen molar-refractivity contribution in [2.75, 3.05) is 5.32 Å². The van der Waals surface area contributed by atoms with E-state index in [0.29, 0.717) is 16.9 Å². The van der Waals surface area contributed by atoms with E-state index in [9.17, 15) is 10.1 Å². The van der Waals surface area contributed by atoms with E-state index in [4.69, 9.17) is 5.26 Å². The summed E-state index contributed by atoms with van der Waals surface area (Å²) in [6, 6.07) is 15.2. The average molecular weight is 239 g/mol. The molecule has 0 spiro atoms. The van der Waals surface area contributed by atoms with Gasteiger partial charge in [0.2, 0.25) is 0 Å². The molecule has 1 N–H and O–H groups in total. The second-order valence-electron chi connectivity index (χ2n) is 3.59. The topological polar surface area (TPSA) is 79.0 Å². The standard InChI is InChI=1S/C13H9N3O2/c14-9-10-3-1-2-4-13(10)15-11-5-7-12(8-6-11)16(17)18/h1-8,15H. The molecule has 0 bridgehead atoms. The van der Waals surface area contributed by atoms with Crippen molar-refractivity contribution in [2.24, 2.45) is 0 Å². The molecule has 0 amide bonds. The number of nitriles is 1. The highest BCUT2D eigenvalue weighted by Gasteiger charge is 2.05. The van der Waals surface area contributed by atoms with Gasteiger partial charge in [0, 0.05) is 17.8 Å². The molecule has 0 aliphatic carbocycles. The molecule has 0 aromatic heterocycles. The number of nitro benzene ring substituents is 1. The Bertz CT molecular complexity index is 615. The maximum atomic E-state index is 10.5. The van der Waals surface area contributed by atoms with Gasteiger partial charge in [-0.05, 0) is 24.3 Å². The van der Waals surface area contributed by atoms with Crippen LogP contribution < -0.4 is 5.32 Å². The number of nitrogens with zero attached hydrogens (tertiary/aromatic N) is 2. The Hall–Kier alpha value is -2.87. The van der Waals surface area contributed by atoms with E-state index >= 15 is 0 Å². The molecule has 0 saturated carbocycles. The van der Waals surface area contributed by atoms with Gasteiger partial charge in [0.05, 0.1) is 16.2 Å². The SMILES string of the molecule is N#Cc1ccccc1Nc1ccc([N+](=O)[O-])cc1. The lowest BCUT2D eigenvalue weighted by atomic mass is 10.2. The molecule has 5 heteroatoms. The molecule has 2 aromatic rings. The maximum absolute atomic E-state index is 10.5. The van der Waals surface area contributed by atoms with Gasteiger partial charge < -0.3 is 5.32 Å². The average Bonchev–Trinajstić information content (AvgIpc) is 2.40. The van der Waals surface area contributed by atoms with Gasteiger partial charge in [-0.15, -0.1) is 0 Å². The van der Waals surface area contributed by atoms with Crippen LogP contribution in [0.15, 0.2) is 48.5 Å². The van der Waals surface area contributed by atoms with Crippen LogP contribution in [0.3, 0.4) is 0 Å². The Morgan fingerprint density at radius 2 is 1.78 bits per heavy atom. The van der Waals surface area contributed by atoms with Crippen molar-refractivity contribution >= 4 is 17.1 Å². The molecule has 2 rings (SSSR count). The Morgan fingerprint density at radius 3 is 2.39 bits per heavy atom. The van der Waals surface area contributed by atoms with Gasteiger partial charge >= 0.3 is 0 Å². The summed E-state index contributed by atoms with van der Waals surface area (Å²) in [4.78, 5) is 10.1. The quantitative estimate of drug-likeness (QED) is 0.658. The molecule has 0 aliphatic heterocycles. The number of para-hydroxylation sites is 1. The number of nitro groups is 1. The zero-order valence-electron chi connectivity index (χ0n) is 9.33. The van der Waals surface area contributed by atoms with Crippen LogP contribution in [0.25, 0.3) is 0 Å². The minimum Gasteiger partial charge on any atom is -0.354 e. The Balaban J connectivity index is 2.24. The molecule has 0 aliphatic rings. The van der Waals surface area contributed by atoms with E-state index in [0.717, 1.165) is 0 Å². The smallest absolute Gasteiger partial charge is 0.269 e. The normalized spacial score (nSPS) is 9.50. The van der Waals surface area contributed by atoms with E-state index in [-0.39, 0.29) is 5.69 Å². The second-order valence-corrected chi connectivity index (χ2v) is 3.59. The summed E-state index contributed by atoms with van der Waals surface area (Å²) in [5.41, 5.74) is 1.93. The summed E-state index contributed by atoms with van der Waals surface area (Å²) in [6.45, 7) is 0. The van der Waals surface area contributed by atoms with Crippen LogP contribution in [0.2, 0.25) is 0 Å². The predicted octanol–water partition coefficient (Wildman–Crippen LogP) is 3.21. The lowest BCUT2D eigenvalue weighted by Crippen LogP contribution is -1.94. The minimum absolute atomic E-state index is 0.0362. The first-order valence-corrected chi connectivity index (χ1v) is 5.21. The highest BCUT2D eigenvalue weighted by molar-refractivity contribution is 5.66. The highest BCUT2D eigenvalue weighted by Crippen LogP contribution is 2.22. The van der Waals surface area contributed by atoms with Gasteiger partial charge in [-0.3, -0.25) is 10.1 Å². The third kappa shape index (κ3) is 2.44. The van der Waals surface area contributed by atoms with E-state index in [1.54, 1.807) is 30.3 Å². The van der Waals surface area contributed by atoms with Crippen molar-refractivity contribution < 1.29 is 4.92 Å².